The van der Waals surface area contributed by atoms with Crippen LogP contribution in [0.3, 0.4) is 0 Å². The molecule has 0 saturated heterocycles. The SMILES string of the molecule is SCC1CCC1. The number of hydrogen-bond donors (Lipinski definition) is 1. The van der Waals surface area contributed by atoms with Gasteiger partial charge in [0.25, 0.3) is 0 Å². The molecule has 1 fully saturated rings. The van der Waals surface area contributed by atoms with Gasteiger partial charge in [0.05, 0.1) is 0 Å². The topological polar surface area (TPSA) is 0 Å². The van der Waals surface area contributed by atoms with Crippen LogP contribution in [0.2, 0.25) is 0 Å². The lowest BCUT2D eigenvalue weighted by Crippen LogP contribution is -2.11. The van der Waals surface area contributed by atoms with Crippen LogP contribution in [0, 0.1) is 5.92 Å². The highest BCUT2D eigenvalue weighted by Gasteiger charge is 2.13. The summed E-state index contributed by atoms with van der Waals surface area (Å²) in [5.74, 6) is 2.09. The molecule has 1 heteroatoms. The minimum Gasteiger partial charge on any atom is -0.179 e. The fourth-order valence-electron chi connectivity index (χ4n) is 0.675. The summed E-state index contributed by atoms with van der Waals surface area (Å²) in [7, 11) is 0. The Morgan fingerprint density at radius 1 is 1.50 bits per heavy atom. The molecule has 1 aliphatic carbocycles. The van der Waals surface area contributed by atoms with E-state index in [1.165, 1.54) is 19.3 Å². The molecule has 0 nitrogen and oxygen atoms in total. The molecule has 0 bridgehead atoms. The van der Waals surface area contributed by atoms with Gasteiger partial charge in [-0.05, 0) is 24.5 Å². The molecule has 0 amide bonds. The summed E-state index contributed by atoms with van der Waals surface area (Å²) in [6, 6.07) is 0. The predicted molar refractivity (Wildman–Crippen MR) is 31.2 cm³/mol. The first-order valence-corrected chi connectivity index (χ1v) is 3.17. The van der Waals surface area contributed by atoms with Crippen LogP contribution in [0.5, 0.6) is 0 Å². The average Bonchev–Trinajstić information content (AvgIpc) is 1.31. The molecule has 1 aliphatic rings. The third-order valence-electron chi connectivity index (χ3n) is 1.48. The van der Waals surface area contributed by atoms with Gasteiger partial charge >= 0.3 is 0 Å². The zero-order valence-electron chi connectivity index (χ0n) is 3.85. The zero-order valence-corrected chi connectivity index (χ0v) is 4.75. The Morgan fingerprint density at radius 3 is 2.17 bits per heavy atom. The summed E-state index contributed by atoms with van der Waals surface area (Å²) >= 11 is 4.15. The molecule has 0 atom stereocenters. The highest BCUT2D eigenvalue weighted by atomic mass is 32.1. The van der Waals surface area contributed by atoms with E-state index in [0.29, 0.717) is 0 Å². The Morgan fingerprint density at radius 2 is 2.17 bits per heavy atom. The molecule has 0 radical (unpaired) electrons. The molecule has 0 aromatic carbocycles. The summed E-state index contributed by atoms with van der Waals surface area (Å²) < 4.78 is 0. The normalized spacial score (nSPS) is 23.5. The van der Waals surface area contributed by atoms with Crippen LogP contribution < -0.4 is 0 Å². The van der Waals surface area contributed by atoms with E-state index in [4.69, 9.17) is 0 Å². The van der Waals surface area contributed by atoms with Gasteiger partial charge in [0, 0.05) is 0 Å². The van der Waals surface area contributed by atoms with Gasteiger partial charge < -0.3 is 0 Å². The molecule has 0 aromatic rings. The Balaban J connectivity index is 2.01. The minimum absolute atomic E-state index is 0.980. The second-order valence-electron chi connectivity index (χ2n) is 1.98. The third-order valence-corrected chi connectivity index (χ3v) is 2.00. The van der Waals surface area contributed by atoms with Crippen LogP contribution in [0.15, 0.2) is 0 Å². The molecule has 0 spiro atoms. The fourth-order valence-corrected chi connectivity index (χ4v) is 1.04. The van der Waals surface area contributed by atoms with E-state index in [2.05, 4.69) is 12.6 Å². The highest BCUT2D eigenvalue weighted by molar-refractivity contribution is 7.80. The quantitative estimate of drug-likeness (QED) is 0.479. The van der Waals surface area contributed by atoms with Crippen LogP contribution in [-0.2, 0) is 0 Å². The van der Waals surface area contributed by atoms with Crippen LogP contribution in [0.1, 0.15) is 19.3 Å². The maximum absolute atomic E-state index is 4.15. The summed E-state index contributed by atoms with van der Waals surface area (Å²) in [6.07, 6.45) is 4.32. The van der Waals surface area contributed by atoms with Crippen molar-refractivity contribution in [2.75, 3.05) is 5.75 Å². The monoisotopic (exact) mass is 102 g/mol. The van der Waals surface area contributed by atoms with Crippen molar-refractivity contribution in [1.29, 1.82) is 0 Å². The number of thiol groups is 1. The summed E-state index contributed by atoms with van der Waals surface area (Å²) in [5, 5.41) is 0. The van der Waals surface area contributed by atoms with Crippen molar-refractivity contribution < 1.29 is 0 Å². The largest absolute Gasteiger partial charge is 0.179 e. The Hall–Kier alpha value is 0.350. The molecule has 0 unspecified atom stereocenters. The van der Waals surface area contributed by atoms with Crippen molar-refractivity contribution in [2.45, 2.75) is 19.3 Å². The molecule has 36 valence electrons. The molecule has 6 heavy (non-hydrogen) atoms. The van der Waals surface area contributed by atoms with Crippen molar-refractivity contribution in [2.24, 2.45) is 5.92 Å². The standard InChI is InChI=1S/C5H10S/c6-4-5-2-1-3-5/h5-6H,1-4H2. The van der Waals surface area contributed by atoms with Crippen LogP contribution in [0.4, 0.5) is 0 Å². The Kier molecular flexibility index (Phi) is 1.41. The molecular weight excluding hydrogens is 92.1 g/mol. The molecule has 0 heterocycles. The second-order valence-corrected chi connectivity index (χ2v) is 2.34. The molecule has 0 aromatic heterocycles. The number of rotatable bonds is 1. The predicted octanol–water partition coefficient (Wildman–Crippen LogP) is 1.72. The van der Waals surface area contributed by atoms with Crippen molar-refractivity contribution in [3.05, 3.63) is 0 Å². The van der Waals surface area contributed by atoms with Gasteiger partial charge in [0.1, 0.15) is 0 Å². The molecule has 0 N–H and O–H groups in total. The van der Waals surface area contributed by atoms with Crippen molar-refractivity contribution in [3.8, 4) is 0 Å². The fraction of sp³-hybridized carbons (Fsp3) is 1.00. The van der Waals surface area contributed by atoms with Gasteiger partial charge in [0.2, 0.25) is 0 Å². The van der Waals surface area contributed by atoms with E-state index < -0.39 is 0 Å². The van der Waals surface area contributed by atoms with E-state index in [0.717, 1.165) is 11.7 Å². The van der Waals surface area contributed by atoms with E-state index in [-0.39, 0.29) is 0 Å². The van der Waals surface area contributed by atoms with Crippen molar-refractivity contribution >= 4 is 12.6 Å². The van der Waals surface area contributed by atoms with Crippen molar-refractivity contribution in [1.82, 2.24) is 0 Å². The molecular formula is C5H10S. The lowest BCUT2D eigenvalue weighted by atomic mass is 9.87. The zero-order chi connectivity index (χ0) is 4.41. The van der Waals surface area contributed by atoms with E-state index in [9.17, 15) is 0 Å². The van der Waals surface area contributed by atoms with Crippen molar-refractivity contribution in [3.63, 3.8) is 0 Å². The van der Waals surface area contributed by atoms with Gasteiger partial charge in [-0.15, -0.1) is 0 Å². The average molecular weight is 102 g/mol. The Labute approximate surface area is 44.3 Å². The third kappa shape index (κ3) is 0.700. The van der Waals surface area contributed by atoms with Gasteiger partial charge in [-0.2, -0.15) is 12.6 Å². The summed E-state index contributed by atoms with van der Waals surface area (Å²) in [4.78, 5) is 0. The highest BCUT2D eigenvalue weighted by Crippen LogP contribution is 2.26. The molecule has 0 aliphatic heterocycles. The number of hydrogen-bond acceptors (Lipinski definition) is 1. The first-order chi connectivity index (χ1) is 2.93. The smallest absolute Gasteiger partial charge is 0.00695 e. The van der Waals surface area contributed by atoms with Crippen LogP contribution >= 0.6 is 12.6 Å². The van der Waals surface area contributed by atoms with E-state index in [1.807, 2.05) is 0 Å². The molecule has 1 rings (SSSR count). The summed E-state index contributed by atoms with van der Waals surface area (Å²) in [6.45, 7) is 0. The van der Waals surface area contributed by atoms with Gasteiger partial charge in [0.15, 0.2) is 0 Å². The van der Waals surface area contributed by atoms with E-state index >= 15 is 0 Å². The maximum atomic E-state index is 4.15. The van der Waals surface area contributed by atoms with Gasteiger partial charge in [-0.25, -0.2) is 0 Å². The maximum Gasteiger partial charge on any atom is -0.00695 e. The van der Waals surface area contributed by atoms with Gasteiger partial charge in [-0.3, -0.25) is 0 Å². The lowest BCUT2D eigenvalue weighted by Gasteiger charge is -2.22. The minimum atomic E-state index is 0.980. The van der Waals surface area contributed by atoms with Crippen LogP contribution in [-0.4, -0.2) is 5.75 Å². The first-order valence-electron chi connectivity index (χ1n) is 2.54. The molecule has 1 saturated carbocycles. The second kappa shape index (κ2) is 1.87. The van der Waals surface area contributed by atoms with E-state index in [1.54, 1.807) is 0 Å². The van der Waals surface area contributed by atoms with Gasteiger partial charge in [-0.1, -0.05) is 6.42 Å². The first kappa shape index (κ1) is 4.51. The van der Waals surface area contributed by atoms with Crippen LogP contribution in [0.25, 0.3) is 0 Å². The summed E-state index contributed by atoms with van der Waals surface area (Å²) in [5.41, 5.74) is 0. The Bertz CT molecular complexity index is 36.4. The lowest BCUT2D eigenvalue weighted by molar-refractivity contribution is 0.354.